The number of ketones is 2. The summed E-state index contributed by atoms with van der Waals surface area (Å²) in [6.45, 7) is 9.46. The molecule has 0 fully saturated rings. The van der Waals surface area contributed by atoms with E-state index in [1.165, 1.54) is 0 Å². The van der Waals surface area contributed by atoms with Gasteiger partial charge < -0.3 is 9.36 Å². The number of hydrogen-bond acceptors (Lipinski definition) is 4. The van der Waals surface area contributed by atoms with E-state index in [9.17, 15) is 9.59 Å². The summed E-state index contributed by atoms with van der Waals surface area (Å²) in [5.41, 5.74) is 2.57. The van der Waals surface area contributed by atoms with E-state index in [4.69, 9.17) is 0 Å². The molecule has 0 amide bonds. The van der Waals surface area contributed by atoms with Gasteiger partial charge in [-0.3, -0.25) is 9.78 Å². The minimum atomic E-state index is -0.319. The molecule has 0 bridgehead atoms. The molecule has 0 N–H and O–H groups in total. The quantitative estimate of drug-likeness (QED) is 0.773. The van der Waals surface area contributed by atoms with Gasteiger partial charge in [0.15, 0.2) is 5.78 Å². The molecule has 5 nitrogen and oxygen atoms in total. The molecule has 126 valence electrons. The van der Waals surface area contributed by atoms with Crippen LogP contribution in [-0.2, 0) is 9.59 Å². The summed E-state index contributed by atoms with van der Waals surface area (Å²) in [7, 11) is 0. The predicted octanol–water partition coefficient (Wildman–Crippen LogP) is 4.05. The van der Waals surface area contributed by atoms with E-state index >= 15 is 0 Å². The van der Waals surface area contributed by atoms with E-state index in [1.54, 1.807) is 19.4 Å². The number of imidazole rings is 1. The molecule has 0 aromatic carbocycles. The zero-order valence-corrected chi connectivity index (χ0v) is 14.8. The van der Waals surface area contributed by atoms with E-state index in [-0.39, 0.29) is 17.6 Å². The Hall–Kier alpha value is -2.04. The number of hydrogen-bond donors (Lipinski definition) is 0. The van der Waals surface area contributed by atoms with Crippen molar-refractivity contribution in [3.63, 3.8) is 0 Å². The van der Waals surface area contributed by atoms with Crippen LogP contribution in [0.15, 0.2) is 18.6 Å². The molecular weight excluding hydrogens is 290 g/mol. The van der Waals surface area contributed by atoms with Crippen LogP contribution in [0, 0.1) is 6.92 Å². The lowest BCUT2D eigenvalue weighted by Crippen LogP contribution is -2.19. The minimum absolute atomic E-state index is 0.103. The van der Waals surface area contributed by atoms with Crippen molar-refractivity contribution in [1.29, 1.82) is 0 Å². The highest BCUT2D eigenvalue weighted by atomic mass is 16.1. The molecule has 2 heterocycles. The van der Waals surface area contributed by atoms with Gasteiger partial charge in [0.2, 0.25) is 0 Å². The van der Waals surface area contributed by atoms with Crippen molar-refractivity contribution < 1.29 is 9.59 Å². The maximum Gasteiger partial charge on any atom is 0.155 e. The molecular formula is C18H27N3O2. The third-order valence-corrected chi connectivity index (χ3v) is 3.57. The van der Waals surface area contributed by atoms with Crippen LogP contribution in [0.3, 0.4) is 0 Å². The zero-order chi connectivity index (χ0) is 17.4. The van der Waals surface area contributed by atoms with Crippen LogP contribution < -0.4 is 0 Å². The number of rotatable bonds is 7. The van der Waals surface area contributed by atoms with Crippen LogP contribution >= 0.6 is 0 Å². The highest BCUT2D eigenvalue weighted by Crippen LogP contribution is 2.24. The van der Waals surface area contributed by atoms with Gasteiger partial charge in [-0.15, -0.1) is 0 Å². The molecule has 0 spiro atoms. The minimum Gasteiger partial charge on any atom is -0.320 e. The smallest absolute Gasteiger partial charge is 0.155 e. The fourth-order valence-electron chi connectivity index (χ4n) is 2.49. The summed E-state index contributed by atoms with van der Waals surface area (Å²) >= 11 is 0. The van der Waals surface area contributed by atoms with Crippen molar-refractivity contribution in [2.75, 3.05) is 0 Å². The number of carbonyl (C=O) groups excluding carboxylic acids is 2. The summed E-state index contributed by atoms with van der Waals surface area (Å²) in [5, 5.41) is 0. The fraction of sp³-hybridized carbons (Fsp3) is 0.556. The summed E-state index contributed by atoms with van der Waals surface area (Å²) in [4.78, 5) is 32.2. The van der Waals surface area contributed by atoms with Crippen molar-refractivity contribution in [1.82, 2.24) is 14.5 Å². The van der Waals surface area contributed by atoms with E-state index in [0.717, 1.165) is 23.1 Å². The molecule has 1 unspecified atom stereocenters. The molecule has 5 heteroatoms. The largest absolute Gasteiger partial charge is 0.320 e. The van der Waals surface area contributed by atoms with Gasteiger partial charge in [-0.25, -0.2) is 4.98 Å². The Morgan fingerprint density at radius 3 is 2.52 bits per heavy atom. The van der Waals surface area contributed by atoms with E-state index in [0.29, 0.717) is 19.3 Å². The van der Waals surface area contributed by atoms with E-state index in [1.807, 2.05) is 38.3 Å². The third kappa shape index (κ3) is 4.98. The molecule has 0 aliphatic heterocycles. The highest BCUT2D eigenvalue weighted by molar-refractivity contribution is 5.86. The predicted molar refractivity (Wildman–Crippen MR) is 92.5 cm³/mol. The molecule has 0 aliphatic carbocycles. The van der Waals surface area contributed by atoms with Gasteiger partial charge in [0.05, 0.1) is 24.1 Å². The van der Waals surface area contributed by atoms with Crippen LogP contribution in [-0.4, -0.2) is 26.1 Å². The Morgan fingerprint density at radius 1 is 1.22 bits per heavy atom. The zero-order valence-electron chi connectivity index (χ0n) is 14.8. The van der Waals surface area contributed by atoms with E-state index < -0.39 is 0 Å². The number of fused-ring (bicyclic) bond motifs is 1. The van der Waals surface area contributed by atoms with Crippen molar-refractivity contribution >= 4 is 22.6 Å². The Labute approximate surface area is 138 Å². The number of carbonyl (C=O) groups is 2. The van der Waals surface area contributed by atoms with Gasteiger partial charge in [0.25, 0.3) is 0 Å². The molecule has 2 aromatic rings. The van der Waals surface area contributed by atoms with Gasteiger partial charge in [-0.2, -0.15) is 0 Å². The van der Waals surface area contributed by atoms with Gasteiger partial charge in [-0.05, 0) is 32.8 Å². The number of Topliss-reactive ketones (excluding diaryl/α,β-unsaturated/α-hetero) is 2. The second kappa shape index (κ2) is 9.18. The van der Waals surface area contributed by atoms with Gasteiger partial charge in [-0.1, -0.05) is 20.8 Å². The summed E-state index contributed by atoms with van der Waals surface area (Å²) < 4.78 is 1.89. The lowest BCUT2D eigenvalue weighted by atomic mass is 10.0. The number of aryl methyl sites for hydroxylation is 1. The molecule has 0 saturated heterocycles. The molecule has 2 rings (SSSR count). The highest BCUT2D eigenvalue weighted by Gasteiger charge is 2.22. The summed E-state index contributed by atoms with van der Waals surface area (Å²) in [6, 6.07) is 1.61. The number of aromatic nitrogens is 3. The SMILES string of the molecule is CC.CCCC(=O)C(CCC(C)=O)n1cnc2cnc(C)cc21. The number of nitrogens with zero attached hydrogens (tertiary/aromatic N) is 3. The van der Waals surface area contributed by atoms with Gasteiger partial charge in [0, 0.05) is 18.5 Å². The average Bonchev–Trinajstić information content (AvgIpc) is 2.92. The first-order valence-electron chi connectivity index (χ1n) is 8.34. The first-order valence-corrected chi connectivity index (χ1v) is 8.34. The Morgan fingerprint density at radius 2 is 1.91 bits per heavy atom. The normalized spacial score (nSPS) is 11.7. The molecule has 1 atom stereocenters. The summed E-state index contributed by atoms with van der Waals surface area (Å²) in [5.74, 6) is 0.263. The fourth-order valence-corrected chi connectivity index (χ4v) is 2.49. The number of pyridine rings is 1. The second-order valence-corrected chi connectivity index (χ2v) is 5.44. The van der Waals surface area contributed by atoms with Crippen LogP contribution in [0.25, 0.3) is 11.0 Å². The summed E-state index contributed by atoms with van der Waals surface area (Å²) in [6.07, 6.45) is 5.66. The topological polar surface area (TPSA) is 64.8 Å². The lowest BCUT2D eigenvalue weighted by Gasteiger charge is -2.17. The first kappa shape index (κ1) is 19.0. The van der Waals surface area contributed by atoms with Crippen LogP contribution in [0.5, 0.6) is 0 Å². The van der Waals surface area contributed by atoms with Crippen molar-refractivity contribution in [2.45, 2.75) is 66.3 Å². The van der Waals surface area contributed by atoms with Crippen LogP contribution in [0.1, 0.15) is 65.1 Å². The Balaban J connectivity index is 0.00000127. The molecule has 0 saturated carbocycles. The standard InChI is InChI=1S/C16H21N3O2.C2H6/c1-4-5-16(21)14(7-6-12(3)20)19-10-18-13-9-17-11(2)8-15(13)19;1-2/h8-10,14H,4-7H2,1-3H3;1-2H3. The molecule has 0 aliphatic rings. The molecule has 2 aromatic heterocycles. The first-order chi connectivity index (χ1) is 11.0. The van der Waals surface area contributed by atoms with Crippen LogP contribution in [0.4, 0.5) is 0 Å². The maximum absolute atomic E-state index is 12.4. The van der Waals surface area contributed by atoms with Crippen molar-refractivity contribution in [2.24, 2.45) is 0 Å². The van der Waals surface area contributed by atoms with Crippen molar-refractivity contribution in [3.8, 4) is 0 Å². The Bertz CT molecular complexity index is 661. The molecule has 23 heavy (non-hydrogen) atoms. The second-order valence-electron chi connectivity index (χ2n) is 5.44. The third-order valence-electron chi connectivity index (χ3n) is 3.57. The van der Waals surface area contributed by atoms with Gasteiger partial charge in [0.1, 0.15) is 11.3 Å². The Kier molecular flexibility index (Phi) is 7.59. The van der Waals surface area contributed by atoms with Crippen LogP contribution in [0.2, 0.25) is 0 Å². The van der Waals surface area contributed by atoms with E-state index in [2.05, 4.69) is 9.97 Å². The van der Waals surface area contributed by atoms with Gasteiger partial charge >= 0.3 is 0 Å². The van der Waals surface area contributed by atoms with Crippen molar-refractivity contribution in [3.05, 3.63) is 24.3 Å². The lowest BCUT2D eigenvalue weighted by molar-refractivity contribution is -0.122. The maximum atomic E-state index is 12.4. The average molecular weight is 317 g/mol. The molecule has 0 radical (unpaired) electrons. The monoisotopic (exact) mass is 317 g/mol.